The summed E-state index contributed by atoms with van der Waals surface area (Å²) in [5, 5.41) is 0. The van der Waals surface area contributed by atoms with E-state index in [4.69, 9.17) is 4.74 Å². The van der Waals surface area contributed by atoms with Crippen molar-refractivity contribution in [1.29, 1.82) is 0 Å². The van der Waals surface area contributed by atoms with Crippen molar-refractivity contribution in [3.05, 3.63) is 24.3 Å². The summed E-state index contributed by atoms with van der Waals surface area (Å²) in [6, 6.07) is 6.67. The molecule has 0 atom stereocenters. The topological polar surface area (TPSA) is 51.1 Å². The Morgan fingerprint density at radius 2 is 1.75 bits per heavy atom. The minimum Gasteiger partial charge on any atom is -0.497 e. The Labute approximate surface area is 121 Å². The highest BCUT2D eigenvalue weighted by atomic mass is 32.2. The molecule has 6 heteroatoms. The molecule has 1 saturated heterocycles. The van der Waals surface area contributed by atoms with E-state index in [9.17, 15) is 8.42 Å². The maximum atomic E-state index is 12.6. The molecular weight excluding hydrogens is 276 g/mol. The van der Waals surface area contributed by atoms with Gasteiger partial charge in [0.15, 0.2) is 0 Å². The summed E-state index contributed by atoms with van der Waals surface area (Å²) in [4.78, 5) is 1.79. The standard InChI is InChI=1S/C14H22N2O3S/c1-15-10-8-12(9-11-15)16(2)20(17,18)14-6-4-13(19-3)5-7-14/h4-7,12H,8-11H2,1-3H3/p+1. The lowest BCUT2D eigenvalue weighted by Crippen LogP contribution is -3.10. The molecule has 20 heavy (non-hydrogen) atoms. The highest BCUT2D eigenvalue weighted by Crippen LogP contribution is 2.22. The molecule has 1 N–H and O–H groups in total. The first-order chi connectivity index (χ1) is 9.45. The molecule has 0 saturated carbocycles. The summed E-state index contributed by atoms with van der Waals surface area (Å²) >= 11 is 0. The maximum absolute atomic E-state index is 12.6. The number of quaternary nitrogens is 1. The predicted molar refractivity (Wildman–Crippen MR) is 77.6 cm³/mol. The van der Waals surface area contributed by atoms with Crippen LogP contribution in [0.3, 0.4) is 0 Å². The Hall–Kier alpha value is -1.11. The average molecular weight is 299 g/mol. The highest BCUT2D eigenvalue weighted by molar-refractivity contribution is 7.89. The molecule has 0 amide bonds. The lowest BCUT2D eigenvalue weighted by atomic mass is 10.1. The molecule has 0 bridgehead atoms. The number of likely N-dealkylation sites (tertiary alicyclic amines) is 1. The van der Waals surface area contributed by atoms with Crippen molar-refractivity contribution < 1.29 is 18.1 Å². The second-order valence-electron chi connectivity index (χ2n) is 5.39. The predicted octanol–water partition coefficient (Wildman–Crippen LogP) is -0.00720. The Morgan fingerprint density at radius 3 is 2.25 bits per heavy atom. The summed E-state index contributed by atoms with van der Waals surface area (Å²) in [6.45, 7) is 2.04. The summed E-state index contributed by atoms with van der Waals surface area (Å²) in [6.07, 6.45) is 1.83. The molecule has 112 valence electrons. The second kappa shape index (κ2) is 6.11. The lowest BCUT2D eigenvalue weighted by molar-refractivity contribution is -0.885. The first-order valence-corrected chi connectivity index (χ1v) is 8.32. The van der Waals surface area contributed by atoms with Crippen LogP contribution < -0.4 is 9.64 Å². The zero-order chi connectivity index (χ0) is 14.8. The van der Waals surface area contributed by atoms with Gasteiger partial charge in [0.2, 0.25) is 10.0 Å². The smallest absolute Gasteiger partial charge is 0.243 e. The van der Waals surface area contributed by atoms with Crippen molar-refractivity contribution in [2.45, 2.75) is 23.8 Å². The van der Waals surface area contributed by atoms with Gasteiger partial charge in [0.25, 0.3) is 0 Å². The van der Waals surface area contributed by atoms with E-state index in [-0.39, 0.29) is 6.04 Å². The number of benzene rings is 1. The summed E-state index contributed by atoms with van der Waals surface area (Å²) < 4.78 is 31.8. The second-order valence-corrected chi connectivity index (χ2v) is 7.38. The number of piperidine rings is 1. The van der Waals surface area contributed by atoms with Crippen molar-refractivity contribution in [2.24, 2.45) is 0 Å². The number of sulfonamides is 1. The van der Waals surface area contributed by atoms with Gasteiger partial charge in [-0.25, -0.2) is 8.42 Å². The van der Waals surface area contributed by atoms with Crippen molar-refractivity contribution in [2.75, 3.05) is 34.3 Å². The number of rotatable bonds is 4. The van der Waals surface area contributed by atoms with Crippen LogP contribution in [0.1, 0.15) is 12.8 Å². The van der Waals surface area contributed by atoms with Crippen LogP contribution in [0.25, 0.3) is 0 Å². The Bertz CT molecular complexity index is 534. The van der Waals surface area contributed by atoms with Gasteiger partial charge in [0.1, 0.15) is 5.75 Å². The molecule has 5 nitrogen and oxygen atoms in total. The Kier molecular flexibility index (Phi) is 4.67. The van der Waals surface area contributed by atoms with E-state index >= 15 is 0 Å². The van der Waals surface area contributed by atoms with E-state index in [1.54, 1.807) is 38.4 Å². The van der Waals surface area contributed by atoms with E-state index in [1.165, 1.54) is 9.21 Å². The van der Waals surface area contributed by atoms with Gasteiger partial charge in [0.05, 0.1) is 32.1 Å². The number of nitrogens with zero attached hydrogens (tertiary/aromatic N) is 1. The number of hydrogen-bond donors (Lipinski definition) is 1. The number of methoxy groups -OCH3 is 1. The third-order valence-corrected chi connectivity index (χ3v) is 5.98. The summed E-state index contributed by atoms with van der Waals surface area (Å²) in [7, 11) is 1.99. The van der Waals surface area contributed by atoms with Gasteiger partial charge in [-0.3, -0.25) is 0 Å². The van der Waals surface area contributed by atoms with Gasteiger partial charge in [-0.2, -0.15) is 4.31 Å². The Morgan fingerprint density at radius 1 is 1.20 bits per heavy atom. The van der Waals surface area contributed by atoms with Crippen LogP contribution >= 0.6 is 0 Å². The average Bonchev–Trinajstić information content (AvgIpc) is 2.47. The number of hydrogen-bond acceptors (Lipinski definition) is 3. The molecule has 0 unspecified atom stereocenters. The molecule has 1 aliphatic rings. The van der Waals surface area contributed by atoms with E-state index in [0.29, 0.717) is 10.6 Å². The SMILES string of the molecule is COc1ccc(S(=O)(=O)N(C)C2CC[NH+](C)CC2)cc1. The zero-order valence-corrected chi connectivity index (χ0v) is 13.1. The summed E-state index contributed by atoms with van der Waals surface area (Å²) in [5.74, 6) is 0.662. The minimum atomic E-state index is -3.41. The van der Waals surface area contributed by atoms with Crippen LogP contribution in [-0.4, -0.2) is 53.1 Å². The van der Waals surface area contributed by atoms with Crippen molar-refractivity contribution in [1.82, 2.24) is 4.31 Å². The molecule has 0 aromatic heterocycles. The van der Waals surface area contributed by atoms with Crippen LogP contribution in [0.4, 0.5) is 0 Å². The largest absolute Gasteiger partial charge is 0.497 e. The van der Waals surface area contributed by atoms with Crippen molar-refractivity contribution in [3.63, 3.8) is 0 Å². The van der Waals surface area contributed by atoms with Crippen molar-refractivity contribution >= 4 is 10.0 Å². The highest BCUT2D eigenvalue weighted by Gasteiger charge is 2.31. The maximum Gasteiger partial charge on any atom is 0.243 e. The monoisotopic (exact) mass is 299 g/mol. The first-order valence-electron chi connectivity index (χ1n) is 6.88. The molecule has 1 heterocycles. The van der Waals surface area contributed by atoms with Crippen LogP contribution in [0.5, 0.6) is 5.75 Å². The molecule has 1 aliphatic heterocycles. The zero-order valence-electron chi connectivity index (χ0n) is 12.3. The third kappa shape index (κ3) is 3.13. The van der Waals surface area contributed by atoms with E-state index in [1.807, 2.05) is 0 Å². The van der Waals surface area contributed by atoms with Gasteiger partial charge in [-0.05, 0) is 24.3 Å². The van der Waals surface area contributed by atoms with Crippen LogP contribution in [-0.2, 0) is 10.0 Å². The first kappa shape index (κ1) is 15.3. The molecular formula is C14H23N2O3S+. The fourth-order valence-electron chi connectivity index (χ4n) is 2.57. The normalized spacial score (nSPS) is 23.8. The summed E-state index contributed by atoms with van der Waals surface area (Å²) in [5.41, 5.74) is 0. The minimum absolute atomic E-state index is 0.103. The molecule has 0 aliphatic carbocycles. The molecule has 0 spiro atoms. The van der Waals surface area contributed by atoms with Crippen molar-refractivity contribution in [3.8, 4) is 5.75 Å². The van der Waals surface area contributed by atoms with Crippen LogP contribution in [0.2, 0.25) is 0 Å². The molecule has 1 fully saturated rings. The van der Waals surface area contributed by atoms with E-state index in [2.05, 4.69) is 7.05 Å². The number of ether oxygens (including phenoxy) is 1. The van der Waals surface area contributed by atoms with Gasteiger partial charge >= 0.3 is 0 Å². The van der Waals surface area contributed by atoms with E-state index in [0.717, 1.165) is 25.9 Å². The third-order valence-electron chi connectivity index (χ3n) is 4.06. The van der Waals surface area contributed by atoms with Gasteiger partial charge < -0.3 is 9.64 Å². The van der Waals surface area contributed by atoms with E-state index < -0.39 is 10.0 Å². The fraction of sp³-hybridized carbons (Fsp3) is 0.571. The molecule has 1 aromatic rings. The molecule has 2 rings (SSSR count). The van der Waals surface area contributed by atoms with Gasteiger partial charge in [0, 0.05) is 25.9 Å². The lowest BCUT2D eigenvalue weighted by Gasteiger charge is -2.32. The van der Waals surface area contributed by atoms with Gasteiger partial charge in [-0.1, -0.05) is 0 Å². The van der Waals surface area contributed by atoms with Crippen LogP contribution in [0.15, 0.2) is 29.2 Å². The van der Waals surface area contributed by atoms with Crippen LogP contribution in [0, 0.1) is 0 Å². The quantitative estimate of drug-likeness (QED) is 0.851. The number of nitrogens with one attached hydrogen (secondary N) is 1. The molecule has 1 aromatic carbocycles. The van der Waals surface area contributed by atoms with Gasteiger partial charge in [-0.15, -0.1) is 0 Å². The Balaban J connectivity index is 2.16. The molecule has 0 radical (unpaired) electrons. The fourth-order valence-corrected chi connectivity index (χ4v) is 3.99.